The monoisotopic (exact) mass is 311 g/mol. The lowest BCUT2D eigenvalue weighted by Crippen LogP contribution is -2.40. The number of para-hydroxylation sites is 2. The first kappa shape index (κ1) is 14.7. The summed E-state index contributed by atoms with van der Waals surface area (Å²) in [5, 5.41) is 0. The lowest BCUT2D eigenvalue weighted by atomic mass is 9.96. The largest absolute Gasteiger partial charge is 0.342 e. The number of likely N-dealkylation sites (tertiary alicyclic amines) is 1. The van der Waals surface area contributed by atoms with Gasteiger partial charge in [0, 0.05) is 31.0 Å². The SMILES string of the molecule is CC(C)n1c([C@@H]2CCCN(C(=O)C3CC3)C2)nc2ccccc21. The Morgan fingerprint density at radius 1 is 1.22 bits per heavy atom. The fourth-order valence-electron chi connectivity index (χ4n) is 3.87. The Hall–Kier alpha value is -1.84. The topological polar surface area (TPSA) is 38.1 Å². The zero-order valence-electron chi connectivity index (χ0n) is 14.0. The quantitative estimate of drug-likeness (QED) is 0.866. The molecule has 1 amide bonds. The number of hydrogen-bond donors (Lipinski definition) is 0. The van der Waals surface area contributed by atoms with Crippen LogP contribution in [0.25, 0.3) is 11.0 Å². The van der Waals surface area contributed by atoms with Crippen molar-refractivity contribution in [2.24, 2.45) is 5.92 Å². The molecule has 4 nitrogen and oxygen atoms in total. The third-order valence-corrected chi connectivity index (χ3v) is 5.16. The summed E-state index contributed by atoms with van der Waals surface area (Å²) < 4.78 is 2.37. The number of carbonyl (C=O) groups is 1. The molecule has 2 aromatic rings. The highest BCUT2D eigenvalue weighted by atomic mass is 16.2. The van der Waals surface area contributed by atoms with Crippen LogP contribution in [0.5, 0.6) is 0 Å². The van der Waals surface area contributed by atoms with Crippen molar-refractivity contribution in [2.45, 2.75) is 51.5 Å². The van der Waals surface area contributed by atoms with E-state index >= 15 is 0 Å². The lowest BCUT2D eigenvalue weighted by Gasteiger charge is -2.33. The molecule has 2 fully saturated rings. The third kappa shape index (κ3) is 2.64. The Kier molecular flexibility index (Phi) is 3.63. The molecule has 0 N–H and O–H groups in total. The Bertz CT molecular complexity index is 729. The summed E-state index contributed by atoms with van der Waals surface area (Å²) in [5.74, 6) is 2.22. The van der Waals surface area contributed by atoms with E-state index in [1.165, 1.54) is 5.52 Å². The van der Waals surface area contributed by atoms with Gasteiger partial charge in [-0.2, -0.15) is 0 Å². The van der Waals surface area contributed by atoms with Gasteiger partial charge in [0.2, 0.25) is 5.91 Å². The maximum absolute atomic E-state index is 12.4. The summed E-state index contributed by atoms with van der Waals surface area (Å²) in [7, 11) is 0. The summed E-state index contributed by atoms with van der Waals surface area (Å²) in [6.07, 6.45) is 4.39. The van der Waals surface area contributed by atoms with Gasteiger partial charge in [0.25, 0.3) is 0 Å². The summed E-state index contributed by atoms with van der Waals surface area (Å²) in [5.41, 5.74) is 2.28. The molecule has 0 bridgehead atoms. The molecule has 2 heterocycles. The summed E-state index contributed by atoms with van der Waals surface area (Å²) in [6, 6.07) is 8.76. The van der Waals surface area contributed by atoms with Crippen LogP contribution >= 0.6 is 0 Å². The maximum atomic E-state index is 12.4. The highest BCUT2D eigenvalue weighted by molar-refractivity contribution is 5.81. The average molecular weight is 311 g/mol. The molecule has 2 aliphatic rings. The summed E-state index contributed by atoms with van der Waals surface area (Å²) in [4.78, 5) is 19.5. The van der Waals surface area contributed by atoms with Gasteiger partial charge in [-0.1, -0.05) is 12.1 Å². The van der Waals surface area contributed by atoms with Crippen molar-refractivity contribution < 1.29 is 4.79 Å². The minimum absolute atomic E-state index is 0.317. The molecule has 122 valence electrons. The highest BCUT2D eigenvalue weighted by Gasteiger charge is 2.36. The van der Waals surface area contributed by atoms with E-state index in [-0.39, 0.29) is 0 Å². The van der Waals surface area contributed by atoms with Crippen LogP contribution in [-0.4, -0.2) is 33.4 Å². The second-order valence-electron chi connectivity index (χ2n) is 7.32. The van der Waals surface area contributed by atoms with Crippen molar-refractivity contribution in [3.05, 3.63) is 30.1 Å². The van der Waals surface area contributed by atoms with Gasteiger partial charge in [0.1, 0.15) is 5.82 Å². The van der Waals surface area contributed by atoms with Gasteiger partial charge in [-0.3, -0.25) is 4.79 Å². The Balaban J connectivity index is 1.67. The van der Waals surface area contributed by atoms with Crippen molar-refractivity contribution >= 4 is 16.9 Å². The number of nitrogens with zero attached hydrogens (tertiary/aromatic N) is 3. The minimum Gasteiger partial charge on any atom is -0.342 e. The fraction of sp³-hybridized carbons (Fsp3) is 0.579. The predicted molar refractivity (Wildman–Crippen MR) is 91.4 cm³/mol. The second-order valence-corrected chi connectivity index (χ2v) is 7.32. The number of hydrogen-bond acceptors (Lipinski definition) is 2. The van der Waals surface area contributed by atoms with E-state index in [0.717, 1.165) is 50.1 Å². The van der Waals surface area contributed by atoms with Crippen LogP contribution < -0.4 is 0 Å². The number of benzene rings is 1. The zero-order chi connectivity index (χ0) is 16.0. The Morgan fingerprint density at radius 3 is 2.74 bits per heavy atom. The van der Waals surface area contributed by atoms with Crippen molar-refractivity contribution in [1.29, 1.82) is 0 Å². The van der Waals surface area contributed by atoms with Crippen LogP contribution in [-0.2, 0) is 4.79 Å². The smallest absolute Gasteiger partial charge is 0.225 e. The van der Waals surface area contributed by atoms with Crippen molar-refractivity contribution in [2.75, 3.05) is 13.1 Å². The van der Waals surface area contributed by atoms with Crippen LogP contribution in [0, 0.1) is 5.92 Å². The van der Waals surface area contributed by atoms with E-state index in [1.54, 1.807) is 0 Å². The van der Waals surface area contributed by atoms with E-state index in [2.05, 4.69) is 41.5 Å². The molecule has 0 radical (unpaired) electrons. The first-order chi connectivity index (χ1) is 11.1. The van der Waals surface area contributed by atoms with Gasteiger partial charge in [-0.05, 0) is 51.7 Å². The van der Waals surface area contributed by atoms with Gasteiger partial charge < -0.3 is 9.47 Å². The third-order valence-electron chi connectivity index (χ3n) is 5.16. The zero-order valence-corrected chi connectivity index (χ0v) is 14.0. The Morgan fingerprint density at radius 2 is 2.00 bits per heavy atom. The van der Waals surface area contributed by atoms with Crippen LogP contribution in [0.1, 0.15) is 57.3 Å². The number of rotatable bonds is 3. The molecule has 23 heavy (non-hydrogen) atoms. The van der Waals surface area contributed by atoms with E-state index in [9.17, 15) is 4.79 Å². The van der Waals surface area contributed by atoms with Crippen LogP contribution in [0.15, 0.2) is 24.3 Å². The van der Waals surface area contributed by atoms with Gasteiger partial charge in [0.05, 0.1) is 11.0 Å². The lowest BCUT2D eigenvalue weighted by molar-refractivity contribution is -0.133. The molecule has 0 spiro atoms. The van der Waals surface area contributed by atoms with E-state index in [1.807, 2.05) is 6.07 Å². The molecule has 1 aromatic carbocycles. The van der Waals surface area contributed by atoms with Crippen LogP contribution in [0.2, 0.25) is 0 Å². The van der Waals surface area contributed by atoms with Crippen molar-refractivity contribution in [3.63, 3.8) is 0 Å². The number of imidazole rings is 1. The summed E-state index contributed by atoms with van der Waals surface area (Å²) >= 11 is 0. The predicted octanol–water partition coefficient (Wildman–Crippen LogP) is 3.73. The van der Waals surface area contributed by atoms with Crippen LogP contribution in [0.3, 0.4) is 0 Å². The van der Waals surface area contributed by atoms with E-state index in [0.29, 0.717) is 23.8 Å². The molecule has 1 aromatic heterocycles. The summed E-state index contributed by atoms with van der Waals surface area (Å²) in [6.45, 7) is 6.19. The van der Waals surface area contributed by atoms with Gasteiger partial charge in [-0.15, -0.1) is 0 Å². The second kappa shape index (κ2) is 5.66. The van der Waals surface area contributed by atoms with Gasteiger partial charge in [-0.25, -0.2) is 4.98 Å². The molecule has 1 aliphatic carbocycles. The molecule has 1 saturated heterocycles. The average Bonchev–Trinajstić information content (AvgIpc) is 3.33. The number of fused-ring (bicyclic) bond motifs is 1. The Labute approximate surface area is 137 Å². The number of amides is 1. The number of piperidine rings is 1. The molecular weight excluding hydrogens is 286 g/mol. The molecule has 4 rings (SSSR count). The molecule has 4 heteroatoms. The first-order valence-electron chi connectivity index (χ1n) is 8.91. The fourth-order valence-corrected chi connectivity index (χ4v) is 3.87. The van der Waals surface area contributed by atoms with Gasteiger partial charge in [0.15, 0.2) is 0 Å². The number of carbonyl (C=O) groups excluding carboxylic acids is 1. The molecule has 1 atom stereocenters. The van der Waals surface area contributed by atoms with E-state index < -0.39 is 0 Å². The molecule has 1 saturated carbocycles. The molecule has 0 unspecified atom stereocenters. The van der Waals surface area contributed by atoms with Gasteiger partial charge >= 0.3 is 0 Å². The minimum atomic E-state index is 0.317. The standard InChI is InChI=1S/C19H25N3O/c1-13(2)22-17-8-4-3-7-16(17)20-18(22)15-6-5-11-21(12-15)19(23)14-9-10-14/h3-4,7-8,13-15H,5-6,9-12H2,1-2H3/t15-/m1/s1. The molecular formula is C19H25N3O. The van der Waals surface area contributed by atoms with Crippen molar-refractivity contribution in [1.82, 2.24) is 14.5 Å². The maximum Gasteiger partial charge on any atom is 0.225 e. The normalized spacial score (nSPS) is 22.0. The first-order valence-corrected chi connectivity index (χ1v) is 8.91. The van der Waals surface area contributed by atoms with Crippen molar-refractivity contribution in [3.8, 4) is 0 Å². The van der Waals surface area contributed by atoms with Crippen LogP contribution in [0.4, 0.5) is 0 Å². The number of aromatic nitrogens is 2. The molecule has 1 aliphatic heterocycles. The van der Waals surface area contributed by atoms with E-state index in [4.69, 9.17) is 4.98 Å². The highest BCUT2D eigenvalue weighted by Crippen LogP contribution is 2.35.